The van der Waals surface area contributed by atoms with Crippen LogP contribution in [0.25, 0.3) is 0 Å². The Kier molecular flexibility index (Phi) is 4.35. The normalized spacial score (nSPS) is 24.6. The summed E-state index contributed by atoms with van der Waals surface area (Å²) in [5, 5.41) is 3.39. The van der Waals surface area contributed by atoms with Crippen molar-refractivity contribution < 1.29 is 4.79 Å². The molecule has 2 atom stereocenters. The van der Waals surface area contributed by atoms with Crippen molar-refractivity contribution in [3.05, 3.63) is 34.3 Å². The second-order valence-corrected chi connectivity index (χ2v) is 5.83. The number of rotatable bonds is 3. The van der Waals surface area contributed by atoms with Gasteiger partial charge in [-0.25, -0.2) is 0 Å². The van der Waals surface area contributed by atoms with Gasteiger partial charge in [0.1, 0.15) is 0 Å². The number of piperidine rings is 1. The van der Waals surface area contributed by atoms with E-state index in [4.69, 9.17) is 0 Å². The first kappa shape index (κ1) is 12.8. The Labute approximate surface area is 111 Å². The van der Waals surface area contributed by atoms with Crippen molar-refractivity contribution >= 4 is 21.7 Å². The average molecular weight is 296 g/mol. The van der Waals surface area contributed by atoms with Crippen LogP contribution in [0.1, 0.15) is 30.1 Å². The minimum Gasteiger partial charge on any atom is -0.316 e. The van der Waals surface area contributed by atoms with Gasteiger partial charge in [0.2, 0.25) is 0 Å². The van der Waals surface area contributed by atoms with Gasteiger partial charge in [-0.3, -0.25) is 4.79 Å². The van der Waals surface area contributed by atoms with Crippen LogP contribution in [-0.2, 0) is 0 Å². The van der Waals surface area contributed by atoms with Crippen molar-refractivity contribution in [2.75, 3.05) is 13.1 Å². The van der Waals surface area contributed by atoms with Gasteiger partial charge < -0.3 is 5.32 Å². The number of carbonyl (C=O) groups is 1. The fourth-order valence-electron chi connectivity index (χ4n) is 2.48. The minimum atomic E-state index is 0.248. The highest BCUT2D eigenvalue weighted by Gasteiger charge is 2.22. The third-order valence-electron chi connectivity index (χ3n) is 3.31. The number of benzene rings is 1. The van der Waals surface area contributed by atoms with Gasteiger partial charge in [0.05, 0.1) is 0 Å². The summed E-state index contributed by atoms with van der Waals surface area (Å²) in [6.07, 6.45) is 1.81. The van der Waals surface area contributed by atoms with E-state index in [1.165, 1.54) is 0 Å². The number of hydrogen-bond donors (Lipinski definition) is 1. The zero-order valence-electron chi connectivity index (χ0n) is 10.1. The van der Waals surface area contributed by atoms with Gasteiger partial charge in [-0.1, -0.05) is 41.1 Å². The molecule has 1 fully saturated rings. The van der Waals surface area contributed by atoms with Crippen molar-refractivity contribution in [1.82, 2.24) is 5.32 Å². The summed E-state index contributed by atoms with van der Waals surface area (Å²) in [6, 6.07) is 7.67. The lowest BCUT2D eigenvalue weighted by Gasteiger charge is -2.27. The van der Waals surface area contributed by atoms with E-state index >= 15 is 0 Å². The molecule has 1 N–H and O–H groups in total. The van der Waals surface area contributed by atoms with E-state index in [0.717, 1.165) is 29.5 Å². The summed E-state index contributed by atoms with van der Waals surface area (Å²) in [6.45, 7) is 4.29. The molecule has 3 heteroatoms. The van der Waals surface area contributed by atoms with Crippen LogP contribution in [0.2, 0.25) is 0 Å². The second kappa shape index (κ2) is 5.78. The van der Waals surface area contributed by atoms with E-state index in [1.807, 2.05) is 24.3 Å². The highest BCUT2D eigenvalue weighted by Crippen LogP contribution is 2.23. The lowest BCUT2D eigenvalue weighted by Crippen LogP contribution is -2.36. The van der Waals surface area contributed by atoms with E-state index in [9.17, 15) is 4.79 Å². The summed E-state index contributed by atoms with van der Waals surface area (Å²) < 4.78 is 0.904. The second-order valence-electron chi connectivity index (χ2n) is 4.97. The molecule has 1 heterocycles. The first-order valence-electron chi connectivity index (χ1n) is 6.15. The van der Waals surface area contributed by atoms with Crippen molar-refractivity contribution in [3.8, 4) is 0 Å². The van der Waals surface area contributed by atoms with E-state index in [1.54, 1.807) is 0 Å². The summed E-state index contributed by atoms with van der Waals surface area (Å²) in [7, 11) is 0. The third-order valence-corrected chi connectivity index (χ3v) is 4.00. The lowest BCUT2D eigenvalue weighted by molar-refractivity contribution is 0.0946. The minimum absolute atomic E-state index is 0.248. The van der Waals surface area contributed by atoms with Crippen LogP contribution >= 0.6 is 15.9 Å². The number of hydrogen-bond acceptors (Lipinski definition) is 2. The summed E-state index contributed by atoms with van der Waals surface area (Å²) >= 11 is 3.44. The van der Waals surface area contributed by atoms with Gasteiger partial charge in [-0.15, -0.1) is 0 Å². The van der Waals surface area contributed by atoms with Crippen LogP contribution in [0.4, 0.5) is 0 Å². The molecule has 0 saturated carbocycles. The maximum absolute atomic E-state index is 12.2. The fraction of sp³-hybridized carbons (Fsp3) is 0.500. The van der Waals surface area contributed by atoms with E-state index in [2.05, 4.69) is 28.2 Å². The number of ketones is 1. The van der Waals surface area contributed by atoms with Gasteiger partial charge in [0.25, 0.3) is 0 Å². The monoisotopic (exact) mass is 295 g/mol. The van der Waals surface area contributed by atoms with Gasteiger partial charge >= 0.3 is 0 Å². The molecule has 0 spiro atoms. The molecule has 17 heavy (non-hydrogen) atoms. The Hall–Kier alpha value is -0.670. The lowest BCUT2D eigenvalue weighted by atomic mass is 9.87. The van der Waals surface area contributed by atoms with Crippen molar-refractivity contribution in [1.29, 1.82) is 0 Å². The van der Waals surface area contributed by atoms with Crippen LogP contribution in [0, 0.1) is 11.8 Å². The highest BCUT2D eigenvalue weighted by atomic mass is 79.9. The van der Waals surface area contributed by atoms with Crippen LogP contribution in [0.15, 0.2) is 28.7 Å². The van der Waals surface area contributed by atoms with Gasteiger partial charge in [-0.05, 0) is 37.4 Å². The standard InChI is InChI=1S/C14H18BrNO/c1-10-6-11(9-16-8-10)7-14(17)12-4-2-3-5-13(12)15/h2-5,10-11,16H,6-9H2,1H3. The fourth-order valence-corrected chi connectivity index (χ4v) is 2.99. The topological polar surface area (TPSA) is 29.1 Å². The van der Waals surface area contributed by atoms with Crippen molar-refractivity contribution in [3.63, 3.8) is 0 Å². The van der Waals surface area contributed by atoms with Crippen molar-refractivity contribution in [2.45, 2.75) is 19.8 Å². The summed E-state index contributed by atoms with van der Waals surface area (Å²) in [4.78, 5) is 12.2. The largest absolute Gasteiger partial charge is 0.316 e. The van der Waals surface area contributed by atoms with Gasteiger partial charge in [0.15, 0.2) is 5.78 Å². The Morgan fingerprint density at radius 1 is 1.41 bits per heavy atom. The van der Waals surface area contributed by atoms with Gasteiger partial charge in [-0.2, -0.15) is 0 Å². The van der Waals surface area contributed by atoms with Crippen LogP contribution in [0.5, 0.6) is 0 Å². The predicted octanol–water partition coefficient (Wildman–Crippen LogP) is 3.27. The first-order chi connectivity index (χ1) is 8.16. The maximum Gasteiger partial charge on any atom is 0.164 e. The molecule has 0 radical (unpaired) electrons. The molecule has 1 aliphatic rings. The molecular weight excluding hydrogens is 278 g/mol. The van der Waals surface area contributed by atoms with E-state index in [0.29, 0.717) is 18.3 Å². The molecule has 0 aromatic heterocycles. The SMILES string of the molecule is CC1CNCC(CC(=O)c2ccccc2Br)C1. The average Bonchev–Trinajstić information content (AvgIpc) is 2.29. The Morgan fingerprint density at radius 3 is 2.88 bits per heavy atom. The number of halogens is 1. The summed E-state index contributed by atoms with van der Waals surface area (Å²) in [5.74, 6) is 1.41. The smallest absolute Gasteiger partial charge is 0.164 e. The van der Waals surface area contributed by atoms with E-state index in [-0.39, 0.29) is 5.78 Å². The van der Waals surface area contributed by atoms with Gasteiger partial charge in [0, 0.05) is 16.5 Å². The Morgan fingerprint density at radius 2 is 2.18 bits per heavy atom. The van der Waals surface area contributed by atoms with Crippen LogP contribution < -0.4 is 5.32 Å². The molecule has 2 nitrogen and oxygen atoms in total. The first-order valence-corrected chi connectivity index (χ1v) is 6.94. The maximum atomic E-state index is 12.2. The Balaban J connectivity index is 1.99. The molecular formula is C14H18BrNO. The van der Waals surface area contributed by atoms with E-state index < -0.39 is 0 Å². The van der Waals surface area contributed by atoms with Crippen molar-refractivity contribution in [2.24, 2.45) is 11.8 Å². The molecule has 2 unspecified atom stereocenters. The molecule has 1 saturated heterocycles. The summed E-state index contributed by atoms with van der Waals surface area (Å²) in [5.41, 5.74) is 0.811. The number of Topliss-reactive ketones (excluding diaryl/α,β-unsaturated/α-hetero) is 1. The number of nitrogens with one attached hydrogen (secondary N) is 1. The predicted molar refractivity (Wildman–Crippen MR) is 73.2 cm³/mol. The molecule has 1 aliphatic heterocycles. The zero-order valence-corrected chi connectivity index (χ0v) is 11.7. The molecule has 0 aliphatic carbocycles. The molecule has 92 valence electrons. The van der Waals surface area contributed by atoms with Crippen LogP contribution in [-0.4, -0.2) is 18.9 Å². The third kappa shape index (κ3) is 3.39. The molecule has 1 aromatic carbocycles. The highest BCUT2D eigenvalue weighted by molar-refractivity contribution is 9.10. The Bertz CT molecular complexity index is 405. The molecule has 0 amide bonds. The quantitative estimate of drug-likeness (QED) is 0.867. The molecule has 2 rings (SSSR count). The zero-order chi connectivity index (χ0) is 12.3. The number of carbonyl (C=O) groups excluding carboxylic acids is 1. The molecule has 1 aromatic rings. The molecule has 0 bridgehead atoms. The van der Waals surface area contributed by atoms with Crippen LogP contribution in [0.3, 0.4) is 0 Å².